The van der Waals surface area contributed by atoms with E-state index in [1.165, 1.54) is 108 Å². The summed E-state index contributed by atoms with van der Waals surface area (Å²) in [6, 6.07) is 11.2. The van der Waals surface area contributed by atoms with Gasteiger partial charge in [0.15, 0.2) is 8.45 Å². The van der Waals surface area contributed by atoms with Crippen LogP contribution in [-0.2, 0) is 0 Å². The van der Waals surface area contributed by atoms with Crippen molar-refractivity contribution in [2.45, 2.75) is 136 Å². The predicted octanol–water partition coefficient (Wildman–Crippen LogP) is 9.91. The van der Waals surface area contributed by atoms with Crippen LogP contribution in [0.15, 0.2) is 30.3 Å². The van der Waals surface area contributed by atoms with Gasteiger partial charge in [0.2, 0.25) is 0 Å². The molecule has 2 unspecified atom stereocenters. The molecule has 204 valence electrons. The van der Waals surface area contributed by atoms with Crippen LogP contribution in [-0.4, -0.2) is 40.4 Å². The van der Waals surface area contributed by atoms with E-state index in [9.17, 15) is 4.89 Å². The third kappa shape index (κ3) is 15.4. The lowest BCUT2D eigenvalue weighted by Crippen LogP contribution is -2.31. The van der Waals surface area contributed by atoms with Crippen LogP contribution in [0.2, 0.25) is 0 Å². The molecule has 0 fully saturated rings. The quantitative estimate of drug-likeness (QED) is 0.112. The lowest BCUT2D eigenvalue weighted by atomic mass is 9.89. The van der Waals surface area contributed by atoms with Gasteiger partial charge >= 0.3 is 0 Å². The Balaban J connectivity index is 2.66. The molecule has 1 N–H and O–H groups in total. The number of hydrogen-bond acceptors (Lipinski definition) is 3. The minimum absolute atomic E-state index is 0.654. The minimum Gasteiger partial charge on any atom is -0.347 e. The zero-order valence-corrected chi connectivity index (χ0v) is 24.8. The summed E-state index contributed by atoms with van der Waals surface area (Å²) in [6.07, 6.45) is 20.5. The average molecular weight is 507 g/mol. The second kappa shape index (κ2) is 22.7. The monoisotopic (exact) mass is 506 g/mol. The van der Waals surface area contributed by atoms with Crippen LogP contribution in [0.4, 0.5) is 0 Å². The number of hydrogen-bond donors (Lipinski definition) is 1. The van der Waals surface area contributed by atoms with Crippen LogP contribution in [0.5, 0.6) is 0 Å². The maximum atomic E-state index is 11.4. The summed E-state index contributed by atoms with van der Waals surface area (Å²) in [4.78, 5) is 11.4. The van der Waals surface area contributed by atoms with Gasteiger partial charge in [0.05, 0.1) is 0 Å². The Hall–Kier alpha value is -0.470. The molecule has 0 radical (unpaired) electrons. The van der Waals surface area contributed by atoms with E-state index in [-0.39, 0.29) is 0 Å². The van der Waals surface area contributed by atoms with Crippen LogP contribution in [0, 0.1) is 0 Å². The third-order valence-corrected chi connectivity index (χ3v) is 9.02. The van der Waals surface area contributed by atoms with Crippen molar-refractivity contribution >= 4 is 8.45 Å². The van der Waals surface area contributed by atoms with Gasteiger partial charge in [0, 0.05) is 26.2 Å². The molecular weight excluding hydrogens is 447 g/mol. The van der Waals surface area contributed by atoms with E-state index >= 15 is 0 Å². The number of nitrogens with zero attached hydrogens (tertiary/aromatic N) is 2. The first-order valence-corrected chi connectivity index (χ1v) is 16.4. The maximum Gasteiger partial charge on any atom is 0.185 e. The average Bonchev–Trinajstić information content (AvgIpc) is 2.89. The van der Waals surface area contributed by atoms with Crippen LogP contribution in [0.1, 0.15) is 142 Å². The first-order chi connectivity index (χ1) is 17.2. The first-order valence-electron chi connectivity index (χ1n) is 15.2. The van der Waals surface area contributed by atoms with E-state index in [0.717, 1.165) is 26.2 Å². The van der Waals surface area contributed by atoms with Crippen molar-refractivity contribution in [1.29, 1.82) is 0 Å². The fraction of sp³-hybridized carbons (Fsp3) is 0.806. The van der Waals surface area contributed by atoms with Crippen LogP contribution in [0.3, 0.4) is 0 Å². The molecule has 0 bridgehead atoms. The second-order valence-electron chi connectivity index (χ2n) is 10.4. The molecule has 4 heteroatoms. The SMILES string of the molecule is CCCCCCCCCC(CCCN(CCCC)P(O)N(CCCC)CCCC)c1ccccc1. The summed E-state index contributed by atoms with van der Waals surface area (Å²) in [5.41, 5.74) is 1.51. The van der Waals surface area contributed by atoms with Crippen molar-refractivity contribution in [3.8, 4) is 0 Å². The topological polar surface area (TPSA) is 26.7 Å². The molecule has 0 aliphatic rings. The van der Waals surface area contributed by atoms with Gasteiger partial charge in [-0.1, -0.05) is 122 Å². The standard InChI is InChI=1S/C31H59N2OP/c1-5-9-13-14-15-16-18-22-31(30-23-19-17-20-24-30)25-21-29-33(28-12-8-4)35(34)32(26-10-6-2)27-11-7-3/h17,19-20,23-24,31,34H,5-16,18,21-22,25-29H2,1-4H3. The Morgan fingerprint density at radius 3 is 1.51 bits per heavy atom. The largest absolute Gasteiger partial charge is 0.347 e. The van der Waals surface area contributed by atoms with Gasteiger partial charge in [-0.05, 0) is 50.0 Å². The molecule has 3 nitrogen and oxygen atoms in total. The Morgan fingerprint density at radius 2 is 1.00 bits per heavy atom. The van der Waals surface area contributed by atoms with Crippen LogP contribution in [0.25, 0.3) is 0 Å². The van der Waals surface area contributed by atoms with E-state index < -0.39 is 8.45 Å². The molecular formula is C31H59N2OP. The van der Waals surface area contributed by atoms with Gasteiger partial charge in [0.25, 0.3) is 0 Å². The van der Waals surface area contributed by atoms with E-state index in [0.29, 0.717) is 5.92 Å². The highest BCUT2D eigenvalue weighted by Crippen LogP contribution is 2.41. The molecule has 1 rings (SSSR count). The summed E-state index contributed by atoms with van der Waals surface area (Å²) in [5, 5.41) is 0. The van der Waals surface area contributed by atoms with E-state index in [1.54, 1.807) is 0 Å². The Bertz CT molecular complexity index is 562. The predicted molar refractivity (Wildman–Crippen MR) is 158 cm³/mol. The van der Waals surface area contributed by atoms with Crippen molar-refractivity contribution in [3.63, 3.8) is 0 Å². The molecule has 0 saturated heterocycles. The zero-order chi connectivity index (χ0) is 25.6. The molecule has 0 spiro atoms. The Labute approximate surface area is 221 Å². The zero-order valence-electron chi connectivity index (χ0n) is 23.9. The normalized spacial score (nSPS) is 13.6. The highest BCUT2D eigenvalue weighted by atomic mass is 31.2. The molecule has 0 amide bonds. The number of rotatable bonds is 24. The van der Waals surface area contributed by atoms with Crippen molar-refractivity contribution < 1.29 is 4.89 Å². The van der Waals surface area contributed by atoms with Crippen molar-refractivity contribution in [1.82, 2.24) is 9.34 Å². The lowest BCUT2D eigenvalue weighted by molar-refractivity contribution is 0.309. The lowest BCUT2D eigenvalue weighted by Gasteiger charge is -2.35. The highest BCUT2D eigenvalue weighted by molar-refractivity contribution is 7.46. The molecule has 35 heavy (non-hydrogen) atoms. The van der Waals surface area contributed by atoms with Crippen molar-refractivity contribution in [3.05, 3.63) is 35.9 Å². The summed E-state index contributed by atoms with van der Waals surface area (Å²) in [5.74, 6) is 0.654. The van der Waals surface area contributed by atoms with Gasteiger partial charge in [-0.3, -0.25) is 0 Å². The molecule has 0 aliphatic heterocycles. The van der Waals surface area contributed by atoms with Gasteiger partial charge < -0.3 is 4.89 Å². The fourth-order valence-corrected chi connectivity index (χ4v) is 6.49. The maximum absolute atomic E-state index is 11.4. The molecule has 1 aromatic carbocycles. The number of benzene rings is 1. The smallest absolute Gasteiger partial charge is 0.185 e. The van der Waals surface area contributed by atoms with E-state index in [1.807, 2.05) is 0 Å². The van der Waals surface area contributed by atoms with E-state index in [2.05, 4.69) is 67.4 Å². The highest BCUT2D eigenvalue weighted by Gasteiger charge is 2.23. The van der Waals surface area contributed by atoms with Gasteiger partial charge in [0.1, 0.15) is 0 Å². The summed E-state index contributed by atoms with van der Waals surface area (Å²) in [6.45, 7) is 13.2. The van der Waals surface area contributed by atoms with Gasteiger partial charge in [-0.15, -0.1) is 0 Å². The van der Waals surface area contributed by atoms with Gasteiger partial charge in [-0.2, -0.15) is 0 Å². The fourth-order valence-electron chi connectivity index (χ4n) is 4.85. The van der Waals surface area contributed by atoms with Crippen LogP contribution >= 0.6 is 8.45 Å². The molecule has 2 atom stereocenters. The third-order valence-electron chi connectivity index (χ3n) is 7.21. The summed E-state index contributed by atoms with van der Waals surface area (Å²) in [7, 11) is -1.18. The van der Waals surface area contributed by atoms with Crippen molar-refractivity contribution in [2.24, 2.45) is 0 Å². The molecule has 0 aromatic heterocycles. The van der Waals surface area contributed by atoms with E-state index in [4.69, 9.17) is 0 Å². The molecule has 0 heterocycles. The molecule has 1 aromatic rings. The Kier molecular flexibility index (Phi) is 21.1. The number of unbranched alkanes of at least 4 members (excludes halogenated alkanes) is 9. The van der Waals surface area contributed by atoms with Crippen LogP contribution < -0.4 is 0 Å². The second-order valence-corrected chi connectivity index (χ2v) is 12.1. The molecule has 0 aliphatic carbocycles. The van der Waals surface area contributed by atoms with Gasteiger partial charge in [-0.25, -0.2) is 9.34 Å². The first kappa shape index (κ1) is 32.6. The van der Waals surface area contributed by atoms with Crippen molar-refractivity contribution in [2.75, 3.05) is 26.2 Å². The Morgan fingerprint density at radius 1 is 0.571 bits per heavy atom. The summed E-state index contributed by atoms with van der Waals surface area (Å²) < 4.78 is 4.82. The summed E-state index contributed by atoms with van der Waals surface area (Å²) >= 11 is 0. The molecule has 0 saturated carbocycles. The minimum atomic E-state index is -1.18.